The van der Waals surface area contributed by atoms with Gasteiger partial charge in [0, 0.05) is 12.1 Å². The molecule has 3 rings (SSSR count). The van der Waals surface area contributed by atoms with Crippen molar-refractivity contribution in [3.8, 4) is 0 Å². The van der Waals surface area contributed by atoms with Gasteiger partial charge in [-0.05, 0) is 31.9 Å². The topological polar surface area (TPSA) is 66.9 Å². The molecule has 0 spiro atoms. The fraction of sp³-hybridized carbons (Fsp3) is 0.333. The van der Waals surface area contributed by atoms with Crippen LogP contribution in [0.3, 0.4) is 0 Å². The Kier molecular flexibility index (Phi) is 3.56. The van der Waals surface area contributed by atoms with Crippen molar-refractivity contribution >= 4 is 5.82 Å². The van der Waals surface area contributed by atoms with E-state index in [1.54, 1.807) is 6.92 Å². The zero-order valence-electron chi connectivity index (χ0n) is 12.0. The van der Waals surface area contributed by atoms with Crippen molar-refractivity contribution in [2.24, 2.45) is 0 Å². The van der Waals surface area contributed by atoms with Crippen LogP contribution >= 0.6 is 0 Å². The van der Waals surface area contributed by atoms with E-state index in [1.807, 2.05) is 0 Å². The van der Waals surface area contributed by atoms with Gasteiger partial charge in [-0.15, -0.1) is 0 Å². The first-order valence-corrected chi connectivity index (χ1v) is 7.09. The highest BCUT2D eigenvalue weighted by Crippen LogP contribution is 2.31. The van der Waals surface area contributed by atoms with Crippen LogP contribution in [0.5, 0.6) is 0 Å². The Morgan fingerprint density at radius 3 is 2.59 bits per heavy atom. The molecule has 116 valence electrons. The second kappa shape index (κ2) is 5.40. The maximum absolute atomic E-state index is 13.9. The SMILES string of the molecule is CCn1c(=O)[nH]c2c(c1=O)CC[C@H](c1c(F)cccc1F)N2. The zero-order valence-corrected chi connectivity index (χ0v) is 12.0. The minimum atomic E-state index is -0.648. The lowest BCUT2D eigenvalue weighted by Crippen LogP contribution is -2.39. The summed E-state index contributed by atoms with van der Waals surface area (Å²) >= 11 is 0. The first-order chi connectivity index (χ1) is 10.5. The largest absolute Gasteiger partial charge is 0.364 e. The summed E-state index contributed by atoms with van der Waals surface area (Å²) in [5.41, 5.74) is -0.530. The third-order valence-electron chi connectivity index (χ3n) is 3.95. The van der Waals surface area contributed by atoms with Crippen molar-refractivity contribution < 1.29 is 8.78 Å². The maximum Gasteiger partial charge on any atom is 0.329 e. The predicted molar refractivity (Wildman–Crippen MR) is 78.0 cm³/mol. The highest BCUT2D eigenvalue weighted by atomic mass is 19.1. The summed E-state index contributed by atoms with van der Waals surface area (Å²) in [7, 11) is 0. The number of aromatic amines is 1. The highest BCUT2D eigenvalue weighted by Gasteiger charge is 2.27. The summed E-state index contributed by atoms with van der Waals surface area (Å²) in [6, 6.07) is 3.05. The number of halogens is 2. The molecule has 22 heavy (non-hydrogen) atoms. The normalized spacial score (nSPS) is 17.0. The van der Waals surface area contributed by atoms with Crippen molar-refractivity contribution in [1.82, 2.24) is 9.55 Å². The van der Waals surface area contributed by atoms with Gasteiger partial charge in [-0.2, -0.15) is 0 Å². The molecule has 1 aromatic carbocycles. The first-order valence-electron chi connectivity index (χ1n) is 7.09. The molecule has 5 nitrogen and oxygen atoms in total. The van der Waals surface area contributed by atoms with Crippen molar-refractivity contribution in [3.05, 3.63) is 61.8 Å². The Hall–Kier alpha value is -2.44. The molecule has 2 aromatic rings. The number of fused-ring (bicyclic) bond motifs is 1. The van der Waals surface area contributed by atoms with E-state index in [9.17, 15) is 18.4 Å². The lowest BCUT2D eigenvalue weighted by Gasteiger charge is -2.27. The summed E-state index contributed by atoms with van der Waals surface area (Å²) in [5.74, 6) is -1.05. The summed E-state index contributed by atoms with van der Waals surface area (Å²) in [6.07, 6.45) is 0.715. The van der Waals surface area contributed by atoms with E-state index in [-0.39, 0.29) is 23.5 Å². The molecule has 2 heterocycles. The van der Waals surface area contributed by atoms with Crippen LogP contribution in [0.15, 0.2) is 27.8 Å². The first kappa shape index (κ1) is 14.5. The van der Waals surface area contributed by atoms with E-state index in [0.29, 0.717) is 18.4 Å². The fourth-order valence-electron chi connectivity index (χ4n) is 2.85. The van der Waals surface area contributed by atoms with Crippen LogP contribution in [0.25, 0.3) is 0 Å². The highest BCUT2D eigenvalue weighted by molar-refractivity contribution is 5.48. The third kappa shape index (κ3) is 2.22. The number of H-pyrrole nitrogens is 1. The quantitative estimate of drug-likeness (QED) is 0.891. The molecule has 1 atom stereocenters. The van der Waals surface area contributed by atoms with Gasteiger partial charge in [0.05, 0.1) is 11.6 Å². The molecular formula is C15H15F2N3O2. The minimum Gasteiger partial charge on any atom is -0.364 e. The molecule has 0 saturated carbocycles. The molecule has 7 heteroatoms. The Labute approximate surface area is 124 Å². The zero-order chi connectivity index (χ0) is 15.9. The number of anilines is 1. The second-order valence-corrected chi connectivity index (χ2v) is 5.20. The third-order valence-corrected chi connectivity index (χ3v) is 3.95. The number of rotatable bonds is 2. The van der Waals surface area contributed by atoms with Gasteiger partial charge in [-0.1, -0.05) is 6.07 Å². The number of benzene rings is 1. The fourth-order valence-corrected chi connectivity index (χ4v) is 2.85. The maximum atomic E-state index is 13.9. The molecule has 0 unspecified atom stereocenters. The molecule has 0 aliphatic carbocycles. The molecule has 1 aliphatic rings. The summed E-state index contributed by atoms with van der Waals surface area (Å²) in [6.45, 7) is 1.98. The van der Waals surface area contributed by atoms with E-state index >= 15 is 0 Å². The van der Waals surface area contributed by atoms with E-state index in [0.717, 1.165) is 4.57 Å². The molecule has 0 amide bonds. The van der Waals surface area contributed by atoms with Crippen LogP contribution in [0.4, 0.5) is 14.6 Å². The number of hydrogen-bond donors (Lipinski definition) is 2. The lowest BCUT2D eigenvalue weighted by molar-refractivity contribution is 0.515. The van der Waals surface area contributed by atoms with Gasteiger partial charge in [0.2, 0.25) is 0 Å². The average molecular weight is 307 g/mol. The van der Waals surface area contributed by atoms with Gasteiger partial charge in [0.25, 0.3) is 5.56 Å². The van der Waals surface area contributed by atoms with Crippen LogP contribution in [-0.2, 0) is 13.0 Å². The Morgan fingerprint density at radius 2 is 1.95 bits per heavy atom. The molecule has 1 aromatic heterocycles. The van der Waals surface area contributed by atoms with E-state index in [1.165, 1.54) is 18.2 Å². The summed E-state index contributed by atoms with van der Waals surface area (Å²) < 4.78 is 28.8. The van der Waals surface area contributed by atoms with Gasteiger partial charge in [-0.25, -0.2) is 13.6 Å². The molecule has 2 N–H and O–H groups in total. The predicted octanol–water partition coefficient (Wildman–Crippen LogP) is 1.93. The van der Waals surface area contributed by atoms with Crippen LogP contribution in [0, 0.1) is 11.6 Å². The summed E-state index contributed by atoms with van der Waals surface area (Å²) in [5, 5.41) is 2.88. The molecule has 0 bridgehead atoms. The minimum absolute atomic E-state index is 0.0753. The van der Waals surface area contributed by atoms with E-state index in [4.69, 9.17) is 0 Å². The second-order valence-electron chi connectivity index (χ2n) is 5.20. The van der Waals surface area contributed by atoms with Crippen molar-refractivity contribution in [3.63, 3.8) is 0 Å². The Bertz CT molecular complexity index is 821. The van der Waals surface area contributed by atoms with Crippen LogP contribution in [0.1, 0.15) is 30.5 Å². The van der Waals surface area contributed by atoms with Crippen LogP contribution < -0.4 is 16.6 Å². The van der Waals surface area contributed by atoms with E-state index in [2.05, 4.69) is 10.3 Å². The van der Waals surface area contributed by atoms with Crippen molar-refractivity contribution in [2.45, 2.75) is 32.4 Å². The van der Waals surface area contributed by atoms with Gasteiger partial charge < -0.3 is 5.32 Å². The van der Waals surface area contributed by atoms with E-state index < -0.39 is 23.4 Å². The van der Waals surface area contributed by atoms with Crippen molar-refractivity contribution in [1.29, 1.82) is 0 Å². The molecule has 1 aliphatic heterocycles. The molecular weight excluding hydrogens is 292 g/mol. The Balaban J connectivity index is 2.05. The lowest BCUT2D eigenvalue weighted by atomic mass is 9.95. The average Bonchev–Trinajstić information content (AvgIpc) is 2.47. The number of nitrogens with zero attached hydrogens (tertiary/aromatic N) is 1. The standard InChI is InChI=1S/C15H15F2N3O2/c1-2-20-14(21)8-6-7-11(18-13(8)19-15(20)22)12-9(16)4-3-5-10(12)17/h3-5,11,18H,2,6-7H2,1H3,(H,19,22)/t11-/m1/s1. The van der Waals surface area contributed by atoms with Gasteiger partial charge >= 0.3 is 5.69 Å². The smallest absolute Gasteiger partial charge is 0.329 e. The molecule has 0 radical (unpaired) electrons. The van der Waals surface area contributed by atoms with Gasteiger partial charge in [-0.3, -0.25) is 14.3 Å². The van der Waals surface area contributed by atoms with Gasteiger partial charge in [0.1, 0.15) is 17.5 Å². The van der Waals surface area contributed by atoms with Gasteiger partial charge in [0.15, 0.2) is 0 Å². The van der Waals surface area contributed by atoms with Crippen LogP contribution in [0.2, 0.25) is 0 Å². The van der Waals surface area contributed by atoms with Crippen molar-refractivity contribution in [2.75, 3.05) is 5.32 Å². The monoisotopic (exact) mass is 307 g/mol. The Morgan fingerprint density at radius 1 is 1.27 bits per heavy atom. The number of nitrogens with one attached hydrogen (secondary N) is 2. The van der Waals surface area contributed by atoms with Crippen LogP contribution in [-0.4, -0.2) is 9.55 Å². The molecule has 0 fully saturated rings. The summed E-state index contributed by atoms with van der Waals surface area (Å²) in [4.78, 5) is 26.6. The number of hydrogen-bond acceptors (Lipinski definition) is 3. The number of aromatic nitrogens is 2. The molecule has 0 saturated heterocycles.